The molecule has 0 amide bonds. The number of nitrogens with zero attached hydrogens (tertiary/aromatic N) is 5. The molecule has 1 aliphatic heterocycles. The SMILES string of the molecule is FC(F)(F)Oc1ccc(-c2ccc3c(c2)CN(CCn2cc(-c4cccnc4)cn2)N=C3)cc1. The third kappa shape index (κ3) is 5.09. The second kappa shape index (κ2) is 9.01. The number of aromatic nitrogens is 3. The molecule has 9 heteroatoms. The summed E-state index contributed by atoms with van der Waals surface area (Å²) in [4.78, 5) is 4.14. The van der Waals surface area contributed by atoms with Crippen LogP contribution >= 0.6 is 0 Å². The number of rotatable bonds is 6. The standard InChI is InChI=1S/C25H20F3N5O/c26-25(27,28)34-24-7-5-18(6-8-24)19-3-4-21-14-30-32(16-22(21)12-19)10-11-33-17-23(15-31-33)20-2-1-9-29-13-20/h1-9,12-15,17H,10-11,16H2. The molecule has 3 heterocycles. The van der Waals surface area contributed by atoms with Crippen molar-refractivity contribution in [3.8, 4) is 28.0 Å². The van der Waals surface area contributed by atoms with Crippen LogP contribution in [0.3, 0.4) is 0 Å². The van der Waals surface area contributed by atoms with Crippen molar-refractivity contribution in [3.63, 3.8) is 0 Å². The third-order valence-corrected chi connectivity index (χ3v) is 5.49. The smallest absolute Gasteiger partial charge is 0.406 e. The number of ether oxygens (including phenoxy) is 1. The highest BCUT2D eigenvalue weighted by molar-refractivity contribution is 5.84. The minimum atomic E-state index is -4.70. The Morgan fingerprint density at radius 3 is 2.47 bits per heavy atom. The molecule has 0 bridgehead atoms. The maximum atomic E-state index is 12.4. The van der Waals surface area contributed by atoms with Crippen molar-refractivity contribution in [2.75, 3.05) is 6.54 Å². The highest BCUT2D eigenvalue weighted by Gasteiger charge is 2.31. The lowest BCUT2D eigenvalue weighted by Crippen LogP contribution is -2.25. The zero-order valence-corrected chi connectivity index (χ0v) is 18.0. The van der Waals surface area contributed by atoms with E-state index in [0.29, 0.717) is 19.6 Å². The van der Waals surface area contributed by atoms with Gasteiger partial charge in [0.2, 0.25) is 0 Å². The molecule has 0 saturated heterocycles. The van der Waals surface area contributed by atoms with Crippen molar-refractivity contribution < 1.29 is 17.9 Å². The molecule has 0 spiro atoms. The molecule has 0 fully saturated rings. The summed E-state index contributed by atoms with van der Waals surface area (Å²) in [5.74, 6) is -0.238. The van der Waals surface area contributed by atoms with E-state index in [0.717, 1.165) is 33.4 Å². The number of hydrogen-bond acceptors (Lipinski definition) is 5. The summed E-state index contributed by atoms with van der Waals surface area (Å²) in [6.45, 7) is 1.98. The van der Waals surface area contributed by atoms with Crippen LogP contribution < -0.4 is 4.74 Å². The number of benzene rings is 2. The van der Waals surface area contributed by atoms with Crippen molar-refractivity contribution in [2.45, 2.75) is 19.5 Å². The fourth-order valence-corrected chi connectivity index (χ4v) is 3.80. The Balaban J connectivity index is 1.24. The second-order valence-corrected chi connectivity index (χ2v) is 7.85. The number of hydrogen-bond donors (Lipinski definition) is 0. The summed E-state index contributed by atoms with van der Waals surface area (Å²) in [6.07, 6.45) is 4.48. The van der Waals surface area contributed by atoms with Gasteiger partial charge in [-0.05, 0) is 46.5 Å². The minimum Gasteiger partial charge on any atom is -0.406 e. The van der Waals surface area contributed by atoms with Gasteiger partial charge in [0.25, 0.3) is 0 Å². The van der Waals surface area contributed by atoms with E-state index in [4.69, 9.17) is 0 Å². The molecule has 2 aromatic heterocycles. The summed E-state index contributed by atoms with van der Waals surface area (Å²) in [5.41, 5.74) is 5.88. The minimum absolute atomic E-state index is 0.238. The fraction of sp³-hybridized carbons (Fsp3) is 0.160. The van der Waals surface area contributed by atoms with Gasteiger partial charge in [-0.2, -0.15) is 10.2 Å². The molecule has 34 heavy (non-hydrogen) atoms. The Bertz CT molecular complexity index is 1300. The molecule has 0 saturated carbocycles. The molecule has 172 valence electrons. The maximum absolute atomic E-state index is 12.4. The molecule has 0 atom stereocenters. The predicted octanol–water partition coefficient (Wildman–Crippen LogP) is 5.36. The van der Waals surface area contributed by atoms with E-state index in [9.17, 15) is 13.2 Å². The van der Waals surface area contributed by atoms with E-state index in [1.807, 2.05) is 64.8 Å². The van der Waals surface area contributed by atoms with Crippen LogP contribution in [0.5, 0.6) is 5.75 Å². The van der Waals surface area contributed by atoms with Crippen molar-refractivity contribution in [3.05, 3.63) is 90.5 Å². The lowest BCUT2D eigenvalue weighted by molar-refractivity contribution is -0.274. The van der Waals surface area contributed by atoms with Crippen LogP contribution in [-0.4, -0.2) is 38.9 Å². The van der Waals surface area contributed by atoms with Crippen LogP contribution in [0.2, 0.25) is 0 Å². The molecule has 1 aliphatic rings. The number of halogens is 3. The fourth-order valence-electron chi connectivity index (χ4n) is 3.80. The lowest BCUT2D eigenvalue weighted by Gasteiger charge is -2.24. The van der Waals surface area contributed by atoms with Crippen molar-refractivity contribution in [2.24, 2.45) is 5.10 Å². The normalized spacial score (nSPS) is 13.1. The van der Waals surface area contributed by atoms with Crippen LogP contribution in [0.25, 0.3) is 22.3 Å². The summed E-state index contributed by atoms with van der Waals surface area (Å²) in [7, 11) is 0. The van der Waals surface area contributed by atoms with Crippen molar-refractivity contribution in [1.82, 2.24) is 19.8 Å². The first kappa shape index (κ1) is 21.7. The molecule has 0 aliphatic carbocycles. The van der Waals surface area contributed by atoms with E-state index in [-0.39, 0.29) is 5.75 Å². The first-order chi connectivity index (χ1) is 16.4. The zero-order valence-electron chi connectivity index (χ0n) is 18.0. The molecule has 6 nitrogen and oxygen atoms in total. The maximum Gasteiger partial charge on any atom is 0.573 e. The van der Waals surface area contributed by atoms with Crippen LogP contribution in [-0.2, 0) is 13.1 Å². The van der Waals surface area contributed by atoms with Crippen LogP contribution in [0, 0.1) is 0 Å². The summed E-state index contributed by atoms with van der Waals surface area (Å²) < 4.78 is 43.0. The van der Waals surface area contributed by atoms with Crippen LogP contribution in [0.15, 0.2) is 84.5 Å². The molecule has 4 aromatic rings. The Labute approximate surface area is 193 Å². The van der Waals surface area contributed by atoms with Crippen molar-refractivity contribution >= 4 is 6.21 Å². The molecule has 0 N–H and O–H groups in total. The topological polar surface area (TPSA) is 55.5 Å². The van der Waals surface area contributed by atoms with Gasteiger partial charge in [0.1, 0.15) is 5.75 Å². The molecular formula is C25H20F3N5O. The van der Waals surface area contributed by atoms with Crippen molar-refractivity contribution in [1.29, 1.82) is 0 Å². The quantitative estimate of drug-likeness (QED) is 0.386. The zero-order chi connectivity index (χ0) is 23.5. The second-order valence-electron chi connectivity index (χ2n) is 7.85. The van der Waals surface area contributed by atoms with E-state index >= 15 is 0 Å². The number of pyridine rings is 1. The summed E-state index contributed by atoms with van der Waals surface area (Å²) in [6, 6.07) is 15.7. The van der Waals surface area contributed by atoms with Gasteiger partial charge < -0.3 is 4.74 Å². The summed E-state index contributed by atoms with van der Waals surface area (Å²) in [5, 5.41) is 10.9. The summed E-state index contributed by atoms with van der Waals surface area (Å²) >= 11 is 0. The highest BCUT2D eigenvalue weighted by Crippen LogP contribution is 2.28. The predicted molar refractivity (Wildman–Crippen MR) is 122 cm³/mol. The lowest BCUT2D eigenvalue weighted by atomic mass is 9.98. The van der Waals surface area contributed by atoms with E-state index in [2.05, 4.69) is 19.9 Å². The average molecular weight is 463 g/mol. The molecule has 2 aromatic carbocycles. The molecule has 0 unspecified atom stereocenters. The van der Waals surface area contributed by atoms with Gasteiger partial charge in [-0.25, -0.2) is 0 Å². The molecule has 5 rings (SSSR count). The Hall–Kier alpha value is -4.14. The highest BCUT2D eigenvalue weighted by atomic mass is 19.4. The van der Waals surface area contributed by atoms with E-state index < -0.39 is 6.36 Å². The monoisotopic (exact) mass is 463 g/mol. The first-order valence-electron chi connectivity index (χ1n) is 10.6. The van der Waals surface area contributed by atoms with E-state index in [1.165, 1.54) is 12.1 Å². The van der Waals surface area contributed by atoms with Gasteiger partial charge in [-0.15, -0.1) is 13.2 Å². The van der Waals surface area contributed by atoms with Gasteiger partial charge >= 0.3 is 6.36 Å². The number of hydrazone groups is 1. The van der Waals surface area contributed by atoms with Gasteiger partial charge in [0, 0.05) is 29.7 Å². The van der Waals surface area contributed by atoms with Gasteiger partial charge in [-0.1, -0.05) is 30.3 Å². The van der Waals surface area contributed by atoms with Gasteiger partial charge in [0.05, 0.1) is 32.0 Å². The number of alkyl halides is 3. The van der Waals surface area contributed by atoms with Gasteiger partial charge in [-0.3, -0.25) is 14.7 Å². The number of fused-ring (bicyclic) bond motifs is 1. The first-order valence-corrected chi connectivity index (χ1v) is 10.6. The Morgan fingerprint density at radius 1 is 0.882 bits per heavy atom. The Kier molecular flexibility index (Phi) is 5.75. The van der Waals surface area contributed by atoms with Crippen LogP contribution in [0.1, 0.15) is 11.1 Å². The molecule has 0 radical (unpaired) electrons. The third-order valence-electron chi connectivity index (χ3n) is 5.49. The largest absolute Gasteiger partial charge is 0.573 e. The average Bonchev–Trinajstić information content (AvgIpc) is 3.31. The Morgan fingerprint density at radius 2 is 1.71 bits per heavy atom. The van der Waals surface area contributed by atoms with Gasteiger partial charge in [0.15, 0.2) is 0 Å². The molecular weight excluding hydrogens is 443 g/mol. The van der Waals surface area contributed by atoms with Crippen LogP contribution in [0.4, 0.5) is 13.2 Å². The van der Waals surface area contributed by atoms with E-state index in [1.54, 1.807) is 18.3 Å².